The van der Waals surface area contributed by atoms with Crippen molar-refractivity contribution in [1.29, 1.82) is 5.26 Å². The number of urea groups is 1. The third-order valence-corrected chi connectivity index (χ3v) is 6.29. The standard InChI is InChI=1S/C24H23N5O2S/c25-16-17-6-8-20(9-7-17)29-14-12-19(13-15-29)26-23(30)21-10-11-22(32-21)28-24(31)27-18-4-2-1-3-5-18/h1-11,19H,12-15H2,(H,26,30)(H2,27,28,31). The van der Waals surface area contributed by atoms with Crippen molar-refractivity contribution in [3.05, 3.63) is 77.2 Å². The molecule has 1 aliphatic heterocycles. The Hall–Kier alpha value is -3.83. The van der Waals surface area contributed by atoms with E-state index in [1.54, 1.807) is 24.3 Å². The Morgan fingerprint density at radius 3 is 2.34 bits per heavy atom. The first-order chi connectivity index (χ1) is 15.6. The molecule has 0 atom stereocenters. The second-order valence-electron chi connectivity index (χ2n) is 7.50. The molecule has 32 heavy (non-hydrogen) atoms. The Morgan fingerprint density at radius 2 is 1.66 bits per heavy atom. The summed E-state index contributed by atoms with van der Waals surface area (Å²) in [4.78, 5) is 27.6. The van der Waals surface area contributed by atoms with Gasteiger partial charge in [0.15, 0.2) is 0 Å². The topological polar surface area (TPSA) is 97.3 Å². The van der Waals surface area contributed by atoms with E-state index >= 15 is 0 Å². The minimum absolute atomic E-state index is 0.108. The first-order valence-electron chi connectivity index (χ1n) is 10.4. The summed E-state index contributed by atoms with van der Waals surface area (Å²) in [5, 5.41) is 18.2. The van der Waals surface area contributed by atoms with Gasteiger partial charge < -0.3 is 15.5 Å². The van der Waals surface area contributed by atoms with Crippen LogP contribution in [-0.2, 0) is 0 Å². The van der Waals surface area contributed by atoms with Gasteiger partial charge in [0.05, 0.1) is 21.5 Å². The van der Waals surface area contributed by atoms with E-state index in [4.69, 9.17) is 5.26 Å². The molecule has 1 saturated heterocycles. The van der Waals surface area contributed by atoms with Crippen molar-refractivity contribution >= 4 is 39.7 Å². The Labute approximate surface area is 190 Å². The van der Waals surface area contributed by atoms with Gasteiger partial charge in [-0.05, 0) is 61.4 Å². The summed E-state index contributed by atoms with van der Waals surface area (Å²) in [6, 6.07) is 22.1. The third-order valence-electron chi connectivity index (χ3n) is 5.29. The molecule has 4 rings (SSSR count). The fourth-order valence-corrected chi connectivity index (χ4v) is 4.41. The van der Waals surface area contributed by atoms with Crippen LogP contribution in [0.2, 0.25) is 0 Å². The highest BCUT2D eigenvalue weighted by Crippen LogP contribution is 2.24. The van der Waals surface area contributed by atoms with Gasteiger partial charge >= 0.3 is 6.03 Å². The van der Waals surface area contributed by atoms with E-state index in [0.29, 0.717) is 21.1 Å². The zero-order valence-corrected chi connectivity index (χ0v) is 18.2. The van der Waals surface area contributed by atoms with Crippen LogP contribution in [0.4, 0.5) is 21.2 Å². The Balaban J connectivity index is 1.25. The molecule has 3 N–H and O–H groups in total. The lowest BCUT2D eigenvalue weighted by Crippen LogP contribution is -2.44. The molecule has 0 bridgehead atoms. The molecule has 1 fully saturated rings. The highest BCUT2D eigenvalue weighted by Gasteiger charge is 2.22. The molecule has 2 heterocycles. The number of nitriles is 1. The number of rotatable bonds is 5. The lowest BCUT2D eigenvalue weighted by molar-refractivity contribution is 0.0935. The summed E-state index contributed by atoms with van der Waals surface area (Å²) in [6.45, 7) is 1.68. The van der Waals surface area contributed by atoms with Crippen LogP contribution in [0.25, 0.3) is 0 Å². The molecular formula is C24H23N5O2S. The molecule has 8 heteroatoms. The largest absolute Gasteiger partial charge is 0.371 e. The van der Waals surface area contributed by atoms with Gasteiger partial charge in [0.25, 0.3) is 5.91 Å². The molecule has 0 aliphatic carbocycles. The number of hydrogen-bond donors (Lipinski definition) is 3. The maximum atomic E-state index is 12.7. The number of nitrogens with one attached hydrogen (secondary N) is 3. The van der Waals surface area contributed by atoms with Crippen LogP contribution in [0.15, 0.2) is 66.7 Å². The van der Waals surface area contributed by atoms with Crippen molar-refractivity contribution in [2.45, 2.75) is 18.9 Å². The maximum absolute atomic E-state index is 12.7. The fraction of sp³-hybridized carbons (Fsp3) is 0.208. The van der Waals surface area contributed by atoms with Crippen LogP contribution in [0.3, 0.4) is 0 Å². The molecule has 0 spiro atoms. The predicted molar refractivity (Wildman–Crippen MR) is 127 cm³/mol. The zero-order chi connectivity index (χ0) is 22.3. The summed E-state index contributed by atoms with van der Waals surface area (Å²) >= 11 is 1.25. The van der Waals surface area contributed by atoms with Gasteiger partial charge in [0.2, 0.25) is 0 Å². The van der Waals surface area contributed by atoms with E-state index < -0.39 is 0 Å². The van der Waals surface area contributed by atoms with E-state index in [1.165, 1.54) is 11.3 Å². The molecule has 0 unspecified atom stereocenters. The van der Waals surface area contributed by atoms with Crippen LogP contribution in [-0.4, -0.2) is 31.1 Å². The predicted octanol–water partition coefficient (Wildman–Crippen LogP) is 4.66. The molecule has 0 saturated carbocycles. The lowest BCUT2D eigenvalue weighted by Gasteiger charge is -2.34. The third kappa shape index (κ3) is 5.45. The second-order valence-corrected chi connectivity index (χ2v) is 8.59. The number of piperidine rings is 1. The molecule has 0 radical (unpaired) electrons. The van der Waals surface area contributed by atoms with E-state index in [0.717, 1.165) is 31.6 Å². The summed E-state index contributed by atoms with van der Waals surface area (Å²) in [5.41, 5.74) is 2.45. The van der Waals surface area contributed by atoms with Gasteiger partial charge in [0, 0.05) is 30.5 Å². The first-order valence-corrected chi connectivity index (χ1v) is 11.2. The molecule has 162 valence electrons. The molecule has 3 aromatic rings. The van der Waals surface area contributed by atoms with Crippen LogP contribution < -0.4 is 20.9 Å². The normalized spacial score (nSPS) is 13.8. The van der Waals surface area contributed by atoms with E-state index in [-0.39, 0.29) is 18.0 Å². The number of benzene rings is 2. The van der Waals surface area contributed by atoms with E-state index in [9.17, 15) is 9.59 Å². The molecular weight excluding hydrogens is 422 g/mol. The van der Waals surface area contributed by atoms with E-state index in [1.807, 2.05) is 42.5 Å². The quantitative estimate of drug-likeness (QED) is 0.532. The zero-order valence-electron chi connectivity index (χ0n) is 17.4. The summed E-state index contributed by atoms with van der Waals surface area (Å²) in [6.07, 6.45) is 1.70. The van der Waals surface area contributed by atoms with Gasteiger partial charge in [-0.1, -0.05) is 18.2 Å². The van der Waals surface area contributed by atoms with Crippen LogP contribution in [0, 0.1) is 11.3 Å². The smallest absolute Gasteiger partial charge is 0.324 e. The summed E-state index contributed by atoms with van der Waals surface area (Å²) in [5.74, 6) is -0.122. The highest BCUT2D eigenvalue weighted by molar-refractivity contribution is 7.18. The molecule has 7 nitrogen and oxygen atoms in total. The summed E-state index contributed by atoms with van der Waals surface area (Å²) < 4.78 is 0. The minimum atomic E-state index is -0.347. The maximum Gasteiger partial charge on any atom is 0.324 e. The monoisotopic (exact) mass is 445 g/mol. The Kier molecular flexibility index (Phi) is 6.68. The number of amides is 3. The van der Waals surface area contributed by atoms with Gasteiger partial charge in [-0.15, -0.1) is 11.3 Å². The molecule has 2 aromatic carbocycles. The molecule has 3 amide bonds. The van der Waals surface area contributed by atoms with Crippen molar-refractivity contribution in [3.63, 3.8) is 0 Å². The fourth-order valence-electron chi connectivity index (χ4n) is 3.61. The number of para-hydroxylation sites is 1. The summed E-state index contributed by atoms with van der Waals surface area (Å²) in [7, 11) is 0. The van der Waals surface area contributed by atoms with Crippen molar-refractivity contribution < 1.29 is 9.59 Å². The van der Waals surface area contributed by atoms with Crippen molar-refractivity contribution in [1.82, 2.24) is 5.32 Å². The SMILES string of the molecule is N#Cc1ccc(N2CCC(NC(=O)c3ccc(NC(=O)Nc4ccccc4)s3)CC2)cc1. The lowest BCUT2D eigenvalue weighted by atomic mass is 10.0. The Morgan fingerprint density at radius 1 is 0.938 bits per heavy atom. The average molecular weight is 446 g/mol. The van der Waals surface area contributed by atoms with Gasteiger partial charge in [-0.3, -0.25) is 10.1 Å². The molecule has 1 aliphatic rings. The van der Waals surface area contributed by atoms with Crippen LogP contribution >= 0.6 is 11.3 Å². The van der Waals surface area contributed by atoms with Crippen molar-refractivity contribution in [2.24, 2.45) is 0 Å². The first kappa shape index (κ1) is 21.4. The number of hydrogen-bond acceptors (Lipinski definition) is 5. The van der Waals surface area contributed by atoms with Crippen LogP contribution in [0.1, 0.15) is 28.1 Å². The van der Waals surface area contributed by atoms with Crippen LogP contribution in [0.5, 0.6) is 0 Å². The number of thiophene rings is 1. The van der Waals surface area contributed by atoms with Crippen molar-refractivity contribution in [2.75, 3.05) is 28.6 Å². The van der Waals surface area contributed by atoms with Gasteiger partial charge in [-0.25, -0.2) is 4.79 Å². The molecule has 1 aromatic heterocycles. The van der Waals surface area contributed by atoms with Crippen molar-refractivity contribution in [3.8, 4) is 6.07 Å². The number of carbonyl (C=O) groups excluding carboxylic acids is 2. The number of carbonyl (C=O) groups is 2. The average Bonchev–Trinajstić information content (AvgIpc) is 3.29. The second kappa shape index (κ2) is 9.98. The van der Waals surface area contributed by atoms with Gasteiger partial charge in [0.1, 0.15) is 0 Å². The van der Waals surface area contributed by atoms with E-state index in [2.05, 4.69) is 26.9 Å². The number of anilines is 3. The number of nitrogens with zero attached hydrogens (tertiary/aromatic N) is 2. The minimum Gasteiger partial charge on any atom is -0.371 e. The highest BCUT2D eigenvalue weighted by atomic mass is 32.1. The Bertz CT molecular complexity index is 1110. The van der Waals surface area contributed by atoms with Gasteiger partial charge in [-0.2, -0.15) is 5.26 Å².